The maximum absolute atomic E-state index is 12.4. The van der Waals surface area contributed by atoms with Crippen LogP contribution in [0.1, 0.15) is 31.0 Å². The van der Waals surface area contributed by atoms with E-state index in [-0.39, 0.29) is 11.9 Å². The highest BCUT2D eigenvalue weighted by atomic mass is 35.5. The van der Waals surface area contributed by atoms with Crippen LogP contribution in [0.15, 0.2) is 54.9 Å². The van der Waals surface area contributed by atoms with Gasteiger partial charge in [0.05, 0.1) is 6.04 Å². The van der Waals surface area contributed by atoms with Gasteiger partial charge in [-0.15, -0.1) is 0 Å². The van der Waals surface area contributed by atoms with Gasteiger partial charge < -0.3 is 4.90 Å². The average Bonchev–Trinajstić information content (AvgIpc) is 2.54. The Morgan fingerprint density at radius 2 is 2.00 bits per heavy atom. The van der Waals surface area contributed by atoms with Gasteiger partial charge in [-0.1, -0.05) is 35.9 Å². The van der Waals surface area contributed by atoms with E-state index in [0.717, 1.165) is 16.7 Å². The van der Waals surface area contributed by atoms with Gasteiger partial charge in [0.15, 0.2) is 0 Å². The topological polar surface area (TPSA) is 33.2 Å². The molecule has 1 amide bonds. The SMILES string of the molecule is CC(=CC(=O)N(C)C(C)c1cccnc1)c1ccccc1Cl. The lowest BCUT2D eigenvalue weighted by Crippen LogP contribution is -2.28. The molecule has 0 N–H and O–H groups in total. The number of allylic oxidation sites excluding steroid dienone is 1. The molecule has 4 heteroatoms. The lowest BCUT2D eigenvalue weighted by atomic mass is 10.1. The predicted molar refractivity (Wildman–Crippen MR) is 90.5 cm³/mol. The number of halogens is 1. The normalized spacial score (nSPS) is 12.8. The minimum absolute atomic E-state index is 0.0449. The number of nitrogens with zero attached hydrogens (tertiary/aromatic N) is 2. The highest BCUT2D eigenvalue weighted by molar-refractivity contribution is 6.32. The number of rotatable bonds is 4. The number of carbonyl (C=O) groups excluding carboxylic acids is 1. The fourth-order valence-electron chi connectivity index (χ4n) is 2.18. The summed E-state index contributed by atoms with van der Waals surface area (Å²) < 4.78 is 0. The first-order chi connectivity index (χ1) is 10.5. The van der Waals surface area contributed by atoms with Crippen LogP contribution in [0.2, 0.25) is 5.02 Å². The molecule has 22 heavy (non-hydrogen) atoms. The number of amides is 1. The van der Waals surface area contributed by atoms with Crippen LogP contribution in [0.3, 0.4) is 0 Å². The molecule has 0 radical (unpaired) electrons. The van der Waals surface area contributed by atoms with Crippen LogP contribution in [-0.2, 0) is 4.79 Å². The van der Waals surface area contributed by atoms with Gasteiger partial charge in [-0.3, -0.25) is 9.78 Å². The number of hydrogen-bond acceptors (Lipinski definition) is 2. The fraction of sp³-hybridized carbons (Fsp3) is 0.222. The molecule has 114 valence electrons. The van der Waals surface area contributed by atoms with Crippen LogP contribution in [0.25, 0.3) is 5.57 Å². The van der Waals surface area contributed by atoms with Gasteiger partial charge in [-0.05, 0) is 42.7 Å². The fourth-order valence-corrected chi connectivity index (χ4v) is 2.47. The molecule has 0 aliphatic heterocycles. The van der Waals surface area contributed by atoms with Gasteiger partial charge in [0.2, 0.25) is 5.91 Å². The molecule has 0 fully saturated rings. The standard InChI is InChI=1S/C18H19ClN2O/c1-13(16-8-4-5-9-17(16)19)11-18(22)21(3)14(2)15-7-6-10-20-12-15/h4-12,14H,1-3H3. The Morgan fingerprint density at radius 3 is 2.64 bits per heavy atom. The van der Waals surface area contributed by atoms with Crippen molar-refractivity contribution in [3.05, 3.63) is 71.0 Å². The quantitative estimate of drug-likeness (QED) is 0.786. The number of aromatic nitrogens is 1. The van der Waals surface area contributed by atoms with Gasteiger partial charge in [0.25, 0.3) is 0 Å². The number of pyridine rings is 1. The van der Waals surface area contributed by atoms with Crippen molar-refractivity contribution in [2.45, 2.75) is 19.9 Å². The Labute approximate surface area is 136 Å². The summed E-state index contributed by atoms with van der Waals surface area (Å²) in [5.41, 5.74) is 2.72. The molecule has 0 spiro atoms. The van der Waals surface area contributed by atoms with E-state index in [1.807, 2.05) is 50.2 Å². The molecule has 1 unspecified atom stereocenters. The minimum Gasteiger partial charge on any atom is -0.335 e. The van der Waals surface area contributed by atoms with Crippen molar-refractivity contribution in [2.75, 3.05) is 7.05 Å². The maximum atomic E-state index is 12.4. The molecule has 0 aliphatic rings. The monoisotopic (exact) mass is 314 g/mol. The van der Waals surface area contributed by atoms with Gasteiger partial charge in [0, 0.05) is 30.5 Å². The number of carbonyl (C=O) groups is 1. The Balaban J connectivity index is 2.17. The lowest BCUT2D eigenvalue weighted by Gasteiger charge is -2.24. The van der Waals surface area contributed by atoms with E-state index < -0.39 is 0 Å². The van der Waals surface area contributed by atoms with Crippen molar-refractivity contribution in [2.24, 2.45) is 0 Å². The molecule has 1 aromatic carbocycles. The summed E-state index contributed by atoms with van der Waals surface area (Å²) in [6.45, 7) is 3.87. The molecular formula is C18H19ClN2O. The second kappa shape index (κ2) is 7.23. The van der Waals surface area contributed by atoms with Crippen molar-refractivity contribution in [1.82, 2.24) is 9.88 Å². The third-order valence-corrected chi connectivity index (χ3v) is 4.06. The van der Waals surface area contributed by atoms with Crippen LogP contribution in [0.4, 0.5) is 0 Å². The predicted octanol–water partition coefficient (Wildman–Crippen LogP) is 4.36. The van der Waals surface area contributed by atoms with E-state index in [9.17, 15) is 4.79 Å². The van der Waals surface area contributed by atoms with Gasteiger partial charge in [-0.25, -0.2) is 0 Å². The Morgan fingerprint density at radius 1 is 1.27 bits per heavy atom. The first-order valence-electron chi connectivity index (χ1n) is 7.10. The van der Waals surface area contributed by atoms with Gasteiger partial charge >= 0.3 is 0 Å². The van der Waals surface area contributed by atoms with Crippen LogP contribution in [-0.4, -0.2) is 22.8 Å². The van der Waals surface area contributed by atoms with Crippen molar-refractivity contribution >= 4 is 23.1 Å². The molecule has 0 saturated carbocycles. The minimum atomic E-state index is -0.0613. The third-order valence-electron chi connectivity index (χ3n) is 3.73. The van der Waals surface area contributed by atoms with Crippen molar-refractivity contribution in [1.29, 1.82) is 0 Å². The van der Waals surface area contributed by atoms with E-state index in [1.165, 1.54) is 0 Å². The highest BCUT2D eigenvalue weighted by Gasteiger charge is 2.16. The van der Waals surface area contributed by atoms with E-state index >= 15 is 0 Å². The molecule has 1 atom stereocenters. The summed E-state index contributed by atoms with van der Waals surface area (Å²) in [5, 5.41) is 0.645. The van der Waals surface area contributed by atoms with Gasteiger partial charge in [0.1, 0.15) is 0 Å². The Kier molecular flexibility index (Phi) is 5.34. The van der Waals surface area contributed by atoms with Crippen LogP contribution < -0.4 is 0 Å². The van der Waals surface area contributed by atoms with Crippen molar-refractivity contribution in [3.63, 3.8) is 0 Å². The summed E-state index contributed by atoms with van der Waals surface area (Å²) in [6, 6.07) is 11.3. The van der Waals surface area contributed by atoms with E-state index in [2.05, 4.69) is 4.98 Å². The third kappa shape index (κ3) is 3.74. The molecule has 0 bridgehead atoms. The van der Waals surface area contributed by atoms with Crippen LogP contribution in [0.5, 0.6) is 0 Å². The molecule has 2 rings (SSSR count). The first-order valence-corrected chi connectivity index (χ1v) is 7.48. The lowest BCUT2D eigenvalue weighted by molar-refractivity contribution is -0.126. The Hall–Kier alpha value is -2.13. The van der Waals surface area contributed by atoms with Crippen molar-refractivity contribution < 1.29 is 4.79 Å². The second-order valence-electron chi connectivity index (χ2n) is 5.22. The summed E-state index contributed by atoms with van der Waals surface area (Å²) in [4.78, 5) is 18.2. The van der Waals surface area contributed by atoms with Crippen LogP contribution in [0, 0.1) is 0 Å². The molecule has 1 heterocycles. The summed E-state index contributed by atoms with van der Waals surface area (Å²) in [7, 11) is 1.79. The molecular weight excluding hydrogens is 296 g/mol. The average molecular weight is 315 g/mol. The zero-order valence-electron chi connectivity index (χ0n) is 13.0. The summed E-state index contributed by atoms with van der Waals surface area (Å²) >= 11 is 6.17. The van der Waals surface area contributed by atoms with Crippen molar-refractivity contribution in [3.8, 4) is 0 Å². The highest BCUT2D eigenvalue weighted by Crippen LogP contribution is 2.24. The largest absolute Gasteiger partial charge is 0.335 e. The molecule has 0 aliphatic carbocycles. The molecule has 1 aromatic heterocycles. The second-order valence-corrected chi connectivity index (χ2v) is 5.63. The molecule has 0 saturated heterocycles. The zero-order valence-corrected chi connectivity index (χ0v) is 13.7. The first kappa shape index (κ1) is 16.2. The van der Waals surface area contributed by atoms with Crippen LogP contribution >= 0.6 is 11.6 Å². The van der Waals surface area contributed by atoms with E-state index in [0.29, 0.717) is 5.02 Å². The number of benzene rings is 1. The maximum Gasteiger partial charge on any atom is 0.247 e. The number of hydrogen-bond donors (Lipinski definition) is 0. The molecule has 3 nitrogen and oxygen atoms in total. The zero-order chi connectivity index (χ0) is 16.1. The van der Waals surface area contributed by atoms with E-state index in [1.54, 1.807) is 30.4 Å². The molecule has 2 aromatic rings. The van der Waals surface area contributed by atoms with Gasteiger partial charge in [-0.2, -0.15) is 0 Å². The Bertz CT molecular complexity index is 682. The summed E-state index contributed by atoms with van der Waals surface area (Å²) in [5.74, 6) is -0.0613. The summed E-state index contributed by atoms with van der Waals surface area (Å²) in [6.07, 6.45) is 5.12. The smallest absolute Gasteiger partial charge is 0.247 e. The number of likely N-dealkylation sites (N-methyl/N-ethyl adjacent to an activating group) is 1. The van der Waals surface area contributed by atoms with E-state index in [4.69, 9.17) is 11.6 Å².